The van der Waals surface area contributed by atoms with Gasteiger partial charge in [0.2, 0.25) is 0 Å². The Kier molecular flexibility index (Phi) is 4.82. The summed E-state index contributed by atoms with van der Waals surface area (Å²) in [7, 11) is 0. The maximum absolute atomic E-state index is 9.67. The van der Waals surface area contributed by atoms with E-state index in [-0.39, 0.29) is 6.10 Å². The molecule has 1 aromatic heterocycles. The van der Waals surface area contributed by atoms with Crippen molar-refractivity contribution < 1.29 is 5.11 Å². The van der Waals surface area contributed by atoms with Crippen LogP contribution in [0.15, 0.2) is 12.4 Å². The van der Waals surface area contributed by atoms with Crippen LogP contribution in [0.4, 0.5) is 0 Å². The van der Waals surface area contributed by atoms with Crippen LogP contribution < -0.4 is 0 Å². The molecular formula is C12H22N2O. The summed E-state index contributed by atoms with van der Waals surface area (Å²) in [5, 5.41) is 13.9. The average molecular weight is 210 g/mol. The van der Waals surface area contributed by atoms with Crippen LogP contribution in [-0.2, 0) is 13.0 Å². The van der Waals surface area contributed by atoms with Crippen LogP contribution in [0.3, 0.4) is 0 Å². The lowest BCUT2D eigenvalue weighted by molar-refractivity contribution is 0.116. The first kappa shape index (κ1) is 12.2. The second-order valence-corrected chi connectivity index (χ2v) is 4.46. The van der Waals surface area contributed by atoms with Gasteiger partial charge in [0.05, 0.1) is 12.3 Å². The highest BCUT2D eigenvalue weighted by Crippen LogP contribution is 2.10. The van der Waals surface area contributed by atoms with E-state index in [9.17, 15) is 5.11 Å². The Hall–Kier alpha value is -0.830. The molecule has 0 saturated heterocycles. The van der Waals surface area contributed by atoms with Gasteiger partial charge in [-0.3, -0.25) is 4.68 Å². The lowest BCUT2D eigenvalue weighted by Crippen LogP contribution is -2.15. The molecule has 0 aliphatic carbocycles. The van der Waals surface area contributed by atoms with E-state index < -0.39 is 0 Å². The second-order valence-electron chi connectivity index (χ2n) is 4.46. The van der Waals surface area contributed by atoms with Gasteiger partial charge in [-0.05, 0) is 30.7 Å². The molecule has 1 unspecified atom stereocenters. The first-order valence-corrected chi connectivity index (χ1v) is 5.83. The van der Waals surface area contributed by atoms with E-state index in [4.69, 9.17) is 0 Å². The van der Waals surface area contributed by atoms with Gasteiger partial charge in [-0.25, -0.2) is 0 Å². The molecule has 0 fully saturated rings. The predicted octanol–water partition coefficient (Wildman–Crippen LogP) is 2.24. The summed E-state index contributed by atoms with van der Waals surface area (Å²) in [6, 6.07) is 0. The lowest BCUT2D eigenvalue weighted by atomic mass is 10.0. The van der Waals surface area contributed by atoms with Crippen molar-refractivity contribution >= 4 is 0 Å². The van der Waals surface area contributed by atoms with Crippen molar-refractivity contribution in [3.05, 3.63) is 18.0 Å². The van der Waals surface area contributed by atoms with Crippen LogP contribution in [0.2, 0.25) is 0 Å². The third-order valence-corrected chi connectivity index (χ3v) is 2.64. The molecule has 1 heterocycles. The molecule has 3 heteroatoms. The van der Waals surface area contributed by atoms with Crippen LogP contribution in [0.25, 0.3) is 0 Å². The van der Waals surface area contributed by atoms with Crippen molar-refractivity contribution in [2.45, 2.75) is 52.7 Å². The summed E-state index contributed by atoms with van der Waals surface area (Å²) >= 11 is 0. The number of hydrogen-bond acceptors (Lipinski definition) is 2. The van der Waals surface area contributed by atoms with Gasteiger partial charge in [0, 0.05) is 12.7 Å². The highest BCUT2D eigenvalue weighted by Gasteiger charge is 2.09. The fourth-order valence-corrected chi connectivity index (χ4v) is 1.53. The minimum absolute atomic E-state index is 0.195. The number of aliphatic hydroxyl groups excluding tert-OH is 1. The summed E-state index contributed by atoms with van der Waals surface area (Å²) in [4.78, 5) is 0. The monoisotopic (exact) mass is 210 g/mol. The van der Waals surface area contributed by atoms with E-state index in [2.05, 4.69) is 18.2 Å². The number of rotatable bonds is 6. The van der Waals surface area contributed by atoms with Gasteiger partial charge in [0.15, 0.2) is 0 Å². The molecule has 1 aromatic rings. The lowest BCUT2D eigenvalue weighted by Gasteiger charge is -2.12. The van der Waals surface area contributed by atoms with Crippen molar-refractivity contribution in [2.24, 2.45) is 5.92 Å². The van der Waals surface area contributed by atoms with Crippen LogP contribution in [0, 0.1) is 5.92 Å². The van der Waals surface area contributed by atoms with Crippen LogP contribution >= 0.6 is 0 Å². The fourth-order valence-electron chi connectivity index (χ4n) is 1.53. The molecule has 1 atom stereocenters. The van der Waals surface area contributed by atoms with E-state index in [1.807, 2.05) is 24.7 Å². The molecule has 0 amide bonds. The Bertz CT molecular complexity index is 281. The molecule has 0 radical (unpaired) electrons. The molecule has 0 spiro atoms. The Labute approximate surface area is 92.1 Å². The molecule has 0 saturated carbocycles. The molecule has 0 aliphatic rings. The average Bonchev–Trinajstić information content (AvgIpc) is 2.62. The Balaban J connectivity index is 2.37. The van der Waals surface area contributed by atoms with Crippen molar-refractivity contribution in [3.8, 4) is 0 Å². The summed E-state index contributed by atoms with van der Waals surface area (Å²) in [6.45, 7) is 7.22. The normalized spacial score (nSPS) is 13.4. The number of aliphatic hydroxyl groups is 1. The maximum atomic E-state index is 9.67. The van der Waals surface area contributed by atoms with Crippen molar-refractivity contribution in [2.75, 3.05) is 0 Å². The third kappa shape index (κ3) is 4.04. The third-order valence-electron chi connectivity index (χ3n) is 2.64. The quantitative estimate of drug-likeness (QED) is 0.782. The van der Waals surface area contributed by atoms with E-state index in [1.165, 1.54) is 5.56 Å². The van der Waals surface area contributed by atoms with Gasteiger partial charge >= 0.3 is 0 Å². The van der Waals surface area contributed by atoms with Gasteiger partial charge in [-0.1, -0.05) is 20.8 Å². The van der Waals surface area contributed by atoms with Crippen LogP contribution in [-0.4, -0.2) is 21.0 Å². The highest BCUT2D eigenvalue weighted by atomic mass is 16.3. The number of aromatic nitrogens is 2. The number of nitrogens with zero attached hydrogens (tertiary/aromatic N) is 2. The van der Waals surface area contributed by atoms with Crippen molar-refractivity contribution in [1.82, 2.24) is 9.78 Å². The highest BCUT2D eigenvalue weighted by molar-refractivity contribution is 5.04. The smallest absolute Gasteiger partial charge is 0.0566 e. The van der Waals surface area contributed by atoms with Crippen molar-refractivity contribution in [3.63, 3.8) is 0 Å². The SMILES string of the molecule is CCCn1cc(CCC(O)C(C)C)cn1. The van der Waals surface area contributed by atoms with E-state index in [0.717, 1.165) is 25.8 Å². The van der Waals surface area contributed by atoms with E-state index >= 15 is 0 Å². The molecule has 1 rings (SSSR count). The summed E-state index contributed by atoms with van der Waals surface area (Å²) in [5.41, 5.74) is 1.23. The van der Waals surface area contributed by atoms with Gasteiger partial charge in [0.25, 0.3) is 0 Å². The second kappa shape index (κ2) is 5.91. The minimum atomic E-state index is -0.195. The molecule has 0 aliphatic heterocycles. The first-order valence-electron chi connectivity index (χ1n) is 5.83. The van der Waals surface area contributed by atoms with Gasteiger partial charge < -0.3 is 5.11 Å². The van der Waals surface area contributed by atoms with E-state index in [0.29, 0.717) is 5.92 Å². The Morgan fingerprint density at radius 2 is 2.20 bits per heavy atom. The van der Waals surface area contributed by atoms with E-state index in [1.54, 1.807) is 0 Å². The summed E-state index contributed by atoms with van der Waals surface area (Å²) in [6.07, 6.45) is 6.65. The number of aryl methyl sites for hydroxylation is 2. The molecule has 0 bridgehead atoms. The molecule has 15 heavy (non-hydrogen) atoms. The summed E-state index contributed by atoms with van der Waals surface area (Å²) < 4.78 is 1.97. The predicted molar refractivity (Wildman–Crippen MR) is 61.7 cm³/mol. The molecule has 86 valence electrons. The zero-order chi connectivity index (χ0) is 11.3. The molecule has 3 nitrogen and oxygen atoms in total. The van der Waals surface area contributed by atoms with Gasteiger partial charge in [-0.2, -0.15) is 5.10 Å². The van der Waals surface area contributed by atoms with Crippen LogP contribution in [0.1, 0.15) is 39.2 Å². The van der Waals surface area contributed by atoms with Crippen LogP contribution in [0.5, 0.6) is 0 Å². The Morgan fingerprint density at radius 1 is 1.47 bits per heavy atom. The Morgan fingerprint density at radius 3 is 2.80 bits per heavy atom. The maximum Gasteiger partial charge on any atom is 0.0566 e. The topological polar surface area (TPSA) is 38.0 Å². The van der Waals surface area contributed by atoms with Gasteiger partial charge in [0.1, 0.15) is 0 Å². The largest absolute Gasteiger partial charge is 0.393 e. The fraction of sp³-hybridized carbons (Fsp3) is 0.750. The molecule has 0 aromatic carbocycles. The molecular weight excluding hydrogens is 188 g/mol. The van der Waals surface area contributed by atoms with Gasteiger partial charge in [-0.15, -0.1) is 0 Å². The standard InChI is InChI=1S/C12H22N2O/c1-4-7-14-9-11(8-13-14)5-6-12(15)10(2)3/h8-10,12,15H,4-7H2,1-3H3. The zero-order valence-corrected chi connectivity index (χ0v) is 9.98. The minimum Gasteiger partial charge on any atom is -0.393 e. The molecule has 1 N–H and O–H groups in total. The first-order chi connectivity index (χ1) is 7.13. The zero-order valence-electron chi connectivity index (χ0n) is 9.98. The summed E-state index contributed by atoms with van der Waals surface area (Å²) in [5.74, 6) is 0.343. The number of hydrogen-bond donors (Lipinski definition) is 1. The van der Waals surface area contributed by atoms with Crippen molar-refractivity contribution in [1.29, 1.82) is 0 Å².